The number of aliphatic hydroxyl groups is 6. The van der Waals surface area contributed by atoms with E-state index in [0.717, 1.165) is 31.4 Å². The number of hydrogen-bond donors (Lipinski definition) is 10. The molecular formula is C28H28O19. The molecule has 19 heteroatoms. The molecule has 19 nitrogen and oxygen atoms in total. The van der Waals surface area contributed by atoms with Crippen LogP contribution >= 0.6 is 0 Å². The lowest BCUT2D eigenvalue weighted by molar-refractivity contribution is -0.271. The Morgan fingerprint density at radius 3 is 1.77 bits per heavy atom. The molecule has 10 N–H and O–H groups in total. The van der Waals surface area contributed by atoms with Crippen molar-refractivity contribution >= 4 is 22.9 Å². The molecular weight excluding hydrogens is 640 g/mol. The number of methoxy groups -OCH3 is 1. The smallest absolute Gasteiger partial charge is 0.335 e. The minimum atomic E-state index is -2.02. The molecule has 5 unspecified atom stereocenters. The largest absolute Gasteiger partial charge is 0.507 e. The van der Waals surface area contributed by atoms with Crippen molar-refractivity contribution in [2.45, 2.75) is 61.4 Å². The first-order valence-corrected chi connectivity index (χ1v) is 13.5. The van der Waals surface area contributed by atoms with Crippen LogP contribution in [0.2, 0.25) is 0 Å². The van der Waals surface area contributed by atoms with Crippen molar-refractivity contribution in [1.29, 1.82) is 0 Å². The van der Waals surface area contributed by atoms with Crippen molar-refractivity contribution in [2.24, 2.45) is 0 Å². The van der Waals surface area contributed by atoms with Crippen LogP contribution in [0.5, 0.6) is 28.7 Å². The number of phenolic OH excluding ortho intramolecular Hbond substituents is 2. The van der Waals surface area contributed by atoms with Gasteiger partial charge in [-0.3, -0.25) is 4.79 Å². The highest BCUT2D eigenvalue weighted by molar-refractivity contribution is 5.86. The molecule has 1 aromatic heterocycles. The summed E-state index contributed by atoms with van der Waals surface area (Å²) in [7, 11) is 1.15. The highest BCUT2D eigenvalue weighted by Crippen LogP contribution is 2.42. The number of rotatable bonds is 8. The van der Waals surface area contributed by atoms with Gasteiger partial charge in [0, 0.05) is 23.8 Å². The summed E-state index contributed by atoms with van der Waals surface area (Å²) in [6, 6.07) is 5.17. The van der Waals surface area contributed by atoms with Gasteiger partial charge >= 0.3 is 11.9 Å². The van der Waals surface area contributed by atoms with Crippen molar-refractivity contribution in [3.05, 3.63) is 40.6 Å². The minimum Gasteiger partial charge on any atom is -0.507 e. The van der Waals surface area contributed by atoms with Gasteiger partial charge in [0.05, 0.1) is 7.11 Å². The van der Waals surface area contributed by atoms with Crippen molar-refractivity contribution in [3.63, 3.8) is 0 Å². The Hall–Kier alpha value is -4.73. The molecule has 2 aliphatic rings. The Kier molecular flexibility index (Phi) is 9.17. The fourth-order valence-electron chi connectivity index (χ4n) is 4.98. The van der Waals surface area contributed by atoms with Crippen LogP contribution in [0.4, 0.5) is 0 Å². The maximum Gasteiger partial charge on any atom is 0.335 e. The van der Waals surface area contributed by atoms with Gasteiger partial charge in [-0.25, -0.2) is 9.59 Å². The van der Waals surface area contributed by atoms with Crippen LogP contribution in [0.1, 0.15) is 0 Å². The molecule has 2 saturated heterocycles. The van der Waals surface area contributed by atoms with E-state index in [-0.39, 0.29) is 33.8 Å². The van der Waals surface area contributed by atoms with Gasteiger partial charge in [0.25, 0.3) is 0 Å². The quantitative estimate of drug-likeness (QED) is 0.118. The van der Waals surface area contributed by atoms with Crippen LogP contribution in [-0.4, -0.2) is 132 Å². The predicted octanol–water partition coefficient (Wildman–Crippen LogP) is -2.58. The molecule has 0 radical (unpaired) electrons. The van der Waals surface area contributed by atoms with Crippen LogP contribution < -0.4 is 19.6 Å². The SMILES string of the molecule is COc1cc(-c2cc(=O)c3c(O)cc(O[C@@H]4OC(C(=O)O)[C@@H](O)[C@H](O)C4O)cc3o2)cc(O[C@@H]2OC(C(=O)O)[C@@H](O)C(O)C2O)c1O. The molecule has 0 spiro atoms. The van der Waals surface area contributed by atoms with Gasteiger partial charge in [-0.15, -0.1) is 0 Å². The summed E-state index contributed by atoms with van der Waals surface area (Å²) in [5, 5.41) is 100. The van der Waals surface area contributed by atoms with Gasteiger partial charge in [0.1, 0.15) is 64.9 Å². The topological polar surface area (TPSA) is 313 Å². The summed E-state index contributed by atoms with van der Waals surface area (Å²) in [5.41, 5.74) is -1.16. The maximum atomic E-state index is 13.1. The molecule has 10 atom stereocenters. The van der Waals surface area contributed by atoms with E-state index in [4.69, 9.17) is 28.1 Å². The zero-order valence-corrected chi connectivity index (χ0v) is 23.8. The van der Waals surface area contributed by atoms with Crippen molar-refractivity contribution in [1.82, 2.24) is 0 Å². The summed E-state index contributed by atoms with van der Waals surface area (Å²) < 4.78 is 32.0. The number of carboxylic acids is 2. The number of fused-ring (bicyclic) bond motifs is 1. The third-order valence-electron chi connectivity index (χ3n) is 7.45. The van der Waals surface area contributed by atoms with E-state index in [9.17, 15) is 65.4 Å². The van der Waals surface area contributed by atoms with E-state index in [1.807, 2.05) is 0 Å². The van der Waals surface area contributed by atoms with Gasteiger partial charge in [-0.05, 0) is 12.1 Å². The minimum absolute atomic E-state index is 0.0347. The first-order chi connectivity index (χ1) is 22.1. The lowest BCUT2D eigenvalue weighted by atomic mass is 9.99. The van der Waals surface area contributed by atoms with E-state index < -0.39 is 96.0 Å². The molecule has 3 heterocycles. The van der Waals surface area contributed by atoms with Gasteiger partial charge in [0.2, 0.25) is 18.3 Å². The molecule has 0 bridgehead atoms. The summed E-state index contributed by atoms with van der Waals surface area (Å²) >= 11 is 0. The third kappa shape index (κ3) is 6.21. The molecule has 2 aliphatic heterocycles. The van der Waals surface area contributed by atoms with Crippen molar-refractivity contribution in [2.75, 3.05) is 7.11 Å². The number of aliphatic carboxylic acids is 2. The fraction of sp³-hybridized carbons (Fsp3) is 0.393. The van der Waals surface area contributed by atoms with Crippen LogP contribution in [0.3, 0.4) is 0 Å². The molecule has 3 aromatic rings. The highest BCUT2D eigenvalue weighted by atomic mass is 16.7. The van der Waals surface area contributed by atoms with Crippen molar-refractivity contribution in [3.8, 4) is 40.1 Å². The summed E-state index contributed by atoms with van der Waals surface area (Å²) in [6.07, 6.45) is -19.7. The molecule has 254 valence electrons. The lowest BCUT2D eigenvalue weighted by Crippen LogP contribution is -2.61. The summed E-state index contributed by atoms with van der Waals surface area (Å²) in [4.78, 5) is 35.9. The fourth-order valence-corrected chi connectivity index (χ4v) is 4.98. The number of hydrogen-bond acceptors (Lipinski definition) is 17. The molecule has 0 saturated carbocycles. The number of aromatic hydroxyl groups is 2. The van der Waals surface area contributed by atoms with Crippen LogP contribution in [0, 0.1) is 0 Å². The van der Waals surface area contributed by atoms with Gasteiger partial charge in [-0.1, -0.05) is 0 Å². The van der Waals surface area contributed by atoms with Crippen LogP contribution in [0.15, 0.2) is 39.5 Å². The van der Waals surface area contributed by atoms with E-state index in [2.05, 4.69) is 0 Å². The van der Waals surface area contributed by atoms with E-state index in [0.29, 0.717) is 0 Å². The second kappa shape index (κ2) is 12.8. The van der Waals surface area contributed by atoms with Crippen LogP contribution in [0.25, 0.3) is 22.3 Å². The zero-order chi connectivity index (χ0) is 34.5. The number of aliphatic hydroxyl groups excluding tert-OH is 6. The van der Waals surface area contributed by atoms with Gasteiger partial charge in [0.15, 0.2) is 29.1 Å². The molecule has 5 rings (SSSR count). The van der Waals surface area contributed by atoms with Crippen LogP contribution in [-0.2, 0) is 19.1 Å². The number of phenols is 2. The monoisotopic (exact) mass is 668 g/mol. The summed E-state index contributed by atoms with van der Waals surface area (Å²) in [6.45, 7) is 0. The van der Waals surface area contributed by atoms with Crippen molar-refractivity contribution < 1.29 is 88.8 Å². The average molecular weight is 669 g/mol. The second-order valence-corrected chi connectivity index (χ2v) is 10.5. The van der Waals surface area contributed by atoms with Gasteiger partial charge in [-0.2, -0.15) is 0 Å². The Labute approximate surface area is 261 Å². The number of carbonyl (C=O) groups is 2. The lowest BCUT2D eigenvalue weighted by Gasteiger charge is -2.38. The number of ether oxygens (including phenoxy) is 5. The number of carboxylic acid groups (broad SMARTS) is 2. The summed E-state index contributed by atoms with van der Waals surface area (Å²) in [5.74, 6) is -6.09. The van der Waals surface area contributed by atoms with E-state index in [1.54, 1.807) is 0 Å². The second-order valence-electron chi connectivity index (χ2n) is 10.5. The van der Waals surface area contributed by atoms with E-state index in [1.165, 1.54) is 6.07 Å². The first-order valence-electron chi connectivity index (χ1n) is 13.5. The molecule has 2 fully saturated rings. The highest BCUT2D eigenvalue weighted by Gasteiger charge is 2.49. The maximum absolute atomic E-state index is 13.1. The Balaban J connectivity index is 1.51. The van der Waals surface area contributed by atoms with Gasteiger partial charge < -0.3 is 79.2 Å². The standard InChI is InChI=1S/C28H28O19/c1-42-13-2-7(3-14(16(13)31)45-28-22(37)18(33)20(35)24(47-28)26(40)41)11-6-10(30)15-9(29)4-8(5-12(15)44-11)43-27-21(36)17(32)19(34)23(46-27)25(38)39/h2-6,17-24,27-29,31-37H,1H3,(H,38,39)(H,40,41)/t17-,18?,19-,20-,21?,22?,23?,24?,27+,28+/m0/s1. The Bertz CT molecular complexity index is 1740. The first kappa shape index (κ1) is 33.6. The predicted molar refractivity (Wildman–Crippen MR) is 148 cm³/mol. The Morgan fingerprint density at radius 2 is 1.23 bits per heavy atom. The van der Waals surface area contributed by atoms with E-state index >= 15 is 0 Å². The Morgan fingerprint density at radius 1 is 0.702 bits per heavy atom. The molecule has 0 aliphatic carbocycles. The zero-order valence-electron chi connectivity index (χ0n) is 23.8. The molecule has 2 aromatic carbocycles. The normalized spacial score (nSPS) is 30.9. The number of benzene rings is 2. The third-order valence-corrected chi connectivity index (χ3v) is 7.45. The average Bonchev–Trinajstić information content (AvgIpc) is 3.01. The molecule has 47 heavy (non-hydrogen) atoms. The molecule has 0 amide bonds.